The summed E-state index contributed by atoms with van der Waals surface area (Å²) in [6.07, 6.45) is -4.09. The number of likely N-dealkylation sites (tertiary alicyclic amines) is 1. The van der Waals surface area contributed by atoms with Gasteiger partial charge in [-0.2, -0.15) is 13.2 Å². The number of hydrogen-bond donors (Lipinski definition) is 1. The van der Waals surface area contributed by atoms with Crippen LogP contribution in [0.1, 0.15) is 15.9 Å². The van der Waals surface area contributed by atoms with E-state index < -0.39 is 11.7 Å². The molecule has 1 aliphatic heterocycles. The minimum absolute atomic E-state index is 0.0671. The Bertz CT molecular complexity index is 804. The first-order chi connectivity index (χ1) is 12.8. The van der Waals surface area contributed by atoms with Crippen LogP contribution in [0.4, 0.5) is 13.2 Å². The summed E-state index contributed by atoms with van der Waals surface area (Å²) in [5, 5.41) is 2.54. The van der Waals surface area contributed by atoms with Crippen molar-refractivity contribution in [3.8, 4) is 5.88 Å². The molecule has 0 radical (unpaired) electrons. The molecular weight excluding hydrogens is 363 g/mol. The zero-order valence-corrected chi connectivity index (χ0v) is 14.1. The van der Waals surface area contributed by atoms with Gasteiger partial charge in [0.1, 0.15) is 6.10 Å². The third-order valence-electron chi connectivity index (χ3n) is 3.99. The lowest BCUT2D eigenvalue weighted by Gasteiger charge is -2.38. The number of carbonyl (C=O) groups is 2. The molecule has 0 atom stereocenters. The molecule has 2 aromatic rings. The molecule has 142 valence electrons. The molecule has 3 rings (SSSR count). The Morgan fingerprint density at radius 1 is 1.15 bits per heavy atom. The number of nitrogens with one attached hydrogen (secondary N) is 1. The summed E-state index contributed by atoms with van der Waals surface area (Å²) < 4.78 is 42.9. The zero-order chi connectivity index (χ0) is 19.4. The van der Waals surface area contributed by atoms with Gasteiger partial charge in [0.15, 0.2) is 0 Å². The first-order valence-corrected chi connectivity index (χ1v) is 8.14. The Labute approximate surface area is 152 Å². The normalized spacial score (nSPS) is 14.4. The lowest BCUT2D eigenvalue weighted by Crippen LogP contribution is -2.58. The predicted octanol–water partition coefficient (Wildman–Crippen LogP) is 2.12. The van der Waals surface area contributed by atoms with E-state index in [0.29, 0.717) is 11.8 Å². The molecule has 9 heteroatoms. The van der Waals surface area contributed by atoms with Gasteiger partial charge in [-0.1, -0.05) is 18.2 Å². The third kappa shape index (κ3) is 4.75. The Morgan fingerprint density at radius 2 is 1.85 bits per heavy atom. The molecule has 2 heterocycles. The molecule has 0 saturated carbocycles. The lowest BCUT2D eigenvalue weighted by molar-refractivity contribution is -0.139. The highest BCUT2D eigenvalue weighted by Crippen LogP contribution is 2.29. The molecule has 1 aromatic carbocycles. The number of amides is 2. The van der Waals surface area contributed by atoms with Crippen LogP contribution in [-0.4, -0.2) is 47.4 Å². The van der Waals surface area contributed by atoms with Crippen LogP contribution in [0.5, 0.6) is 5.88 Å². The number of alkyl halides is 3. The number of rotatable bonds is 5. The van der Waals surface area contributed by atoms with Gasteiger partial charge in [-0.15, -0.1) is 0 Å². The topological polar surface area (TPSA) is 71.5 Å². The van der Waals surface area contributed by atoms with E-state index in [4.69, 9.17) is 4.74 Å². The van der Waals surface area contributed by atoms with E-state index in [9.17, 15) is 22.8 Å². The number of carbonyl (C=O) groups excluding carboxylic acids is 2. The van der Waals surface area contributed by atoms with Crippen LogP contribution >= 0.6 is 0 Å². The number of benzene rings is 1. The summed E-state index contributed by atoms with van der Waals surface area (Å²) in [5.74, 6) is -0.539. The molecule has 0 unspecified atom stereocenters. The predicted molar refractivity (Wildman–Crippen MR) is 89.0 cm³/mol. The van der Waals surface area contributed by atoms with Crippen molar-refractivity contribution in [2.45, 2.75) is 12.3 Å². The van der Waals surface area contributed by atoms with Gasteiger partial charge in [0, 0.05) is 17.8 Å². The summed E-state index contributed by atoms with van der Waals surface area (Å²) in [7, 11) is 0. The average molecular weight is 379 g/mol. The largest absolute Gasteiger partial charge is 0.471 e. The van der Waals surface area contributed by atoms with Crippen LogP contribution in [-0.2, 0) is 11.0 Å². The zero-order valence-electron chi connectivity index (χ0n) is 14.1. The number of halogens is 3. The molecule has 1 fully saturated rings. The average Bonchev–Trinajstić information content (AvgIpc) is 2.62. The number of nitrogens with zero attached hydrogens (tertiary/aromatic N) is 2. The van der Waals surface area contributed by atoms with Crippen LogP contribution in [0.15, 0.2) is 48.7 Å². The summed E-state index contributed by atoms with van der Waals surface area (Å²) in [6.45, 7) is 0.421. The minimum Gasteiger partial charge on any atom is -0.471 e. The van der Waals surface area contributed by atoms with Crippen molar-refractivity contribution in [1.29, 1.82) is 0 Å². The first kappa shape index (κ1) is 18.7. The molecule has 0 spiro atoms. The van der Waals surface area contributed by atoms with E-state index in [0.717, 1.165) is 12.1 Å². The van der Waals surface area contributed by atoms with Crippen molar-refractivity contribution in [1.82, 2.24) is 15.2 Å². The maximum atomic E-state index is 12.5. The maximum absolute atomic E-state index is 12.5. The number of pyridine rings is 1. The Kier molecular flexibility index (Phi) is 5.29. The lowest BCUT2D eigenvalue weighted by atomic mass is 10.1. The molecule has 27 heavy (non-hydrogen) atoms. The van der Waals surface area contributed by atoms with Gasteiger partial charge in [-0.25, -0.2) is 4.98 Å². The second-order valence-electron chi connectivity index (χ2n) is 5.97. The molecule has 0 bridgehead atoms. The van der Waals surface area contributed by atoms with Gasteiger partial charge in [0.2, 0.25) is 11.8 Å². The molecule has 2 amide bonds. The van der Waals surface area contributed by atoms with Gasteiger partial charge in [0.05, 0.1) is 25.2 Å². The van der Waals surface area contributed by atoms with E-state index in [-0.39, 0.29) is 43.4 Å². The van der Waals surface area contributed by atoms with Gasteiger partial charge >= 0.3 is 6.18 Å². The van der Waals surface area contributed by atoms with Crippen LogP contribution in [0.3, 0.4) is 0 Å². The third-order valence-corrected chi connectivity index (χ3v) is 3.99. The van der Waals surface area contributed by atoms with Crippen molar-refractivity contribution in [2.24, 2.45) is 0 Å². The van der Waals surface area contributed by atoms with E-state index in [1.165, 1.54) is 4.90 Å². The molecule has 1 aromatic heterocycles. The highest BCUT2D eigenvalue weighted by molar-refractivity contribution is 5.96. The van der Waals surface area contributed by atoms with Gasteiger partial charge in [0.25, 0.3) is 5.91 Å². The van der Waals surface area contributed by atoms with Crippen LogP contribution in [0.25, 0.3) is 0 Å². The summed E-state index contributed by atoms with van der Waals surface area (Å²) in [5.41, 5.74) is -0.391. The van der Waals surface area contributed by atoms with Gasteiger partial charge < -0.3 is 15.0 Å². The molecule has 6 nitrogen and oxygen atoms in total. The first-order valence-electron chi connectivity index (χ1n) is 8.14. The Hall–Kier alpha value is -3.10. The van der Waals surface area contributed by atoms with Gasteiger partial charge in [-0.3, -0.25) is 9.59 Å². The maximum Gasteiger partial charge on any atom is 0.417 e. The molecular formula is C18H16F3N3O3. The molecule has 0 aliphatic carbocycles. The van der Waals surface area contributed by atoms with Crippen molar-refractivity contribution in [3.63, 3.8) is 0 Å². The van der Waals surface area contributed by atoms with E-state index in [1.807, 2.05) is 0 Å². The highest BCUT2D eigenvalue weighted by atomic mass is 19.4. The second kappa shape index (κ2) is 7.65. The van der Waals surface area contributed by atoms with E-state index in [1.54, 1.807) is 30.3 Å². The van der Waals surface area contributed by atoms with Crippen LogP contribution < -0.4 is 10.1 Å². The van der Waals surface area contributed by atoms with Crippen LogP contribution in [0, 0.1) is 0 Å². The minimum atomic E-state index is -4.45. The fraction of sp³-hybridized carbons (Fsp3) is 0.278. The second-order valence-corrected chi connectivity index (χ2v) is 5.97. The number of ether oxygens (including phenoxy) is 1. The molecule has 1 saturated heterocycles. The van der Waals surface area contributed by atoms with E-state index >= 15 is 0 Å². The highest BCUT2D eigenvalue weighted by Gasteiger charge is 2.33. The summed E-state index contributed by atoms with van der Waals surface area (Å²) in [4.78, 5) is 29.0. The standard InChI is InChI=1S/C18H16F3N3O3/c19-18(20,21)13-6-7-15(22-8-13)27-14-10-24(11-14)16(25)9-23-17(26)12-4-2-1-3-5-12/h1-8,14H,9-11H2,(H,23,26). The number of aromatic nitrogens is 1. The van der Waals surface area contributed by atoms with Crippen molar-refractivity contribution < 1.29 is 27.5 Å². The van der Waals surface area contributed by atoms with Crippen molar-refractivity contribution >= 4 is 11.8 Å². The molecule has 1 N–H and O–H groups in total. The van der Waals surface area contributed by atoms with E-state index in [2.05, 4.69) is 10.3 Å². The summed E-state index contributed by atoms with van der Waals surface area (Å²) in [6, 6.07) is 10.6. The van der Waals surface area contributed by atoms with Crippen molar-refractivity contribution in [2.75, 3.05) is 19.6 Å². The fourth-order valence-corrected chi connectivity index (χ4v) is 2.46. The van der Waals surface area contributed by atoms with Crippen LogP contribution in [0.2, 0.25) is 0 Å². The monoisotopic (exact) mass is 379 g/mol. The SMILES string of the molecule is O=C(NCC(=O)N1CC(Oc2ccc(C(F)(F)F)cn2)C1)c1ccccc1. The van der Waals surface area contributed by atoms with Crippen molar-refractivity contribution in [3.05, 3.63) is 59.8 Å². The number of hydrogen-bond acceptors (Lipinski definition) is 4. The fourth-order valence-electron chi connectivity index (χ4n) is 2.46. The van der Waals surface area contributed by atoms with Gasteiger partial charge in [-0.05, 0) is 18.2 Å². The molecule has 1 aliphatic rings. The summed E-state index contributed by atoms with van der Waals surface area (Å²) >= 11 is 0. The Morgan fingerprint density at radius 3 is 2.44 bits per heavy atom. The smallest absolute Gasteiger partial charge is 0.417 e. The Balaban J connectivity index is 1.41. The quantitative estimate of drug-likeness (QED) is 0.864.